The second kappa shape index (κ2) is 14.9. The molecule has 57 heavy (non-hydrogen) atoms. The van der Waals surface area contributed by atoms with Crippen molar-refractivity contribution in [1.29, 1.82) is 0 Å². The van der Waals surface area contributed by atoms with E-state index in [1.165, 1.54) is 37.0 Å². The van der Waals surface area contributed by atoms with E-state index in [0.717, 1.165) is 55.7 Å². The minimum absolute atomic E-state index is 0. The van der Waals surface area contributed by atoms with Crippen LogP contribution >= 0.6 is 11.3 Å². The second-order valence-electron chi connectivity index (χ2n) is 16.2. The fourth-order valence-corrected chi connectivity index (χ4v) is 9.36. The van der Waals surface area contributed by atoms with Crippen LogP contribution in [-0.2, 0) is 25.5 Å². The number of benzene rings is 5. The number of aromatic nitrogens is 4. The zero-order chi connectivity index (χ0) is 41.3. The van der Waals surface area contributed by atoms with Gasteiger partial charge < -0.3 is 14.0 Å². The molecule has 5 nitrogen and oxygen atoms in total. The Morgan fingerprint density at radius 1 is 0.789 bits per heavy atom. The van der Waals surface area contributed by atoms with Gasteiger partial charge >= 0.3 is 0 Å². The second-order valence-corrected chi connectivity index (χ2v) is 22.4. The Morgan fingerprint density at radius 3 is 2.33 bits per heavy atom. The molecule has 0 N–H and O–H groups in total. The van der Waals surface area contributed by atoms with Gasteiger partial charge in [-0.25, -0.2) is 4.98 Å². The number of para-hydroxylation sites is 2. The summed E-state index contributed by atoms with van der Waals surface area (Å²) in [7, 11) is -1.34. The van der Waals surface area contributed by atoms with Crippen LogP contribution in [0.3, 0.4) is 0 Å². The Balaban J connectivity index is 0.000000202. The SMILES string of the molecule is CC(C)(C)c1ccc2c(c1)sc1cc(-n3c(-c4[c-]ccc5c4oc4ncccc45)nc4ccccc43)ccc12.[2H]C([2H])([2H])c1c[c-]c(-c2ccc([Si](C)(C)C)cn2)cc1.[Ir]. The van der Waals surface area contributed by atoms with Crippen LogP contribution in [0, 0.1) is 19.0 Å². The fraction of sp³-hybridized carbons (Fsp3) is 0.163. The van der Waals surface area contributed by atoms with Gasteiger partial charge in [0.2, 0.25) is 5.71 Å². The number of aryl methyl sites for hydroxylation is 1. The molecule has 10 aromatic rings. The van der Waals surface area contributed by atoms with E-state index in [9.17, 15) is 0 Å². The standard InChI is InChI=1S/C34H24N3OS.C15H18NSi.Ir/c1-34(2,3)20-13-15-22-23-16-14-21(19-30(23)39-29(22)18-20)37-28-12-5-4-11-27(28)36-32(37)26-9-6-8-24-25-10-7-17-35-33(25)38-31(24)26;1-12-5-7-13(8-6-12)15-10-9-14(11-16-15)17(2,3)4;/h4-8,10-19H,1-3H3;5-7,9-11H,1-4H3;/q2*-1;/i;1D3;. The van der Waals surface area contributed by atoms with Gasteiger partial charge in [0.25, 0.3) is 0 Å². The summed E-state index contributed by atoms with van der Waals surface area (Å²) in [6.07, 6.45) is 3.68. The summed E-state index contributed by atoms with van der Waals surface area (Å²) < 4.78 is 33.1. The van der Waals surface area contributed by atoms with Gasteiger partial charge in [0.15, 0.2) is 0 Å². The average molecular weight is 958 g/mol. The third-order valence-corrected chi connectivity index (χ3v) is 13.4. The molecule has 0 aliphatic rings. The normalized spacial score (nSPS) is 13.0. The molecule has 0 aliphatic carbocycles. The van der Waals surface area contributed by atoms with Gasteiger partial charge in [-0.2, -0.15) is 0 Å². The van der Waals surface area contributed by atoms with E-state index >= 15 is 0 Å². The molecule has 0 spiro atoms. The van der Waals surface area contributed by atoms with Crippen LogP contribution in [0.4, 0.5) is 0 Å². The zero-order valence-electron chi connectivity index (χ0n) is 35.6. The summed E-state index contributed by atoms with van der Waals surface area (Å²) in [6, 6.07) is 45.3. The van der Waals surface area contributed by atoms with Crippen LogP contribution in [0.5, 0.6) is 0 Å². The molecule has 0 bridgehead atoms. The van der Waals surface area contributed by atoms with E-state index < -0.39 is 14.9 Å². The number of hydrogen-bond donors (Lipinski definition) is 0. The number of furan rings is 1. The van der Waals surface area contributed by atoms with Crippen molar-refractivity contribution in [3.05, 3.63) is 151 Å². The molecule has 0 saturated carbocycles. The number of nitrogens with zero attached hydrogens (tertiary/aromatic N) is 4. The van der Waals surface area contributed by atoms with Crippen molar-refractivity contribution < 1.29 is 28.6 Å². The average Bonchev–Trinajstić information content (AvgIpc) is 3.91. The molecule has 5 heterocycles. The molecule has 0 saturated heterocycles. The molecule has 0 unspecified atom stereocenters. The van der Waals surface area contributed by atoms with Gasteiger partial charge in [-0.1, -0.05) is 101 Å². The molecule has 0 aliphatic heterocycles. The summed E-state index contributed by atoms with van der Waals surface area (Å²) in [5.74, 6) is 0.802. The van der Waals surface area contributed by atoms with Crippen molar-refractivity contribution in [3.8, 4) is 28.3 Å². The number of thiophene rings is 1. The molecular formula is C49H42IrN4OSSi-2. The van der Waals surface area contributed by atoms with Crippen molar-refractivity contribution in [2.45, 2.75) is 52.7 Å². The number of hydrogen-bond acceptors (Lipinski definition) is 5. The topological polar surface area (TPSA) is 56.7 Å². The third kappa shape index (κ3) is 7.28. The predicted molar refractivity (Wildman–Crippen MR) is 238 cm³/mol. The van der Waals surface area contributed by atoms with Gasteiger partial charge in [-0.3, -0.25) is 4.98 Å². The Morgan fingerprint density at radius 2 is 1.60 bits per heavy atom. The van der Waals surface area contributed by atoms with Gasteiger partial charge in [0, 0.05) is 67.9 Å². The van der Waals surface area contributed by atoms with Crippen molar-refractivity contribution in [2.24, 2.45) is 0 Å². The van der Waals surface area contributed by atoms with Crippen LogP contribution in [0.2, 0.25) is 19.6 Å². The van der Waals surface area contributed by atoms with Crippen LogP contribution in [0.1, 0.15) is 36.0 Å². The number of imidazole rings is 1. The third-order valence-electron chi connectivity index (χ3n) is 10.3. The fourth-order valence-electron chi connectivity index (χ4n) is 7.15. The minimum atomic E-state index is -2.08. The summed E-state index contributed by atoms with van der Waals surface area (Å²) in [6.45, 7) is 11.6. The van der Waals surface area contributed by atoms with E-state index in [1.807, 2.05) is 53.9 Å². The van der Waals surface area contributed by atoms with E-state index in [4.69, 9.17) is 13.5 Å². The van der Waals surface area contributed by atoms with Gasteiger partial charge in [0.05, 0.1) is 30.5 Å². The molecule has 0 atom stereocenters. The maximum absolute atomic E-state index is 7.35. The van der Waals surface area contributed by atoms with Crippen LogP contribution < -0.4 is 5.19 Å². The summed E-state index contributed by atoms with van der Waals surface area (Å²) in [4.78, 5) is 14.0. The first-order valence-electron chi connectivity index (χ1n) is 20.3. The largest absolute Gasteiger partial charge is 0.486 e. The Hall–Kier alpha value is -5.24. The molecule has 8 heteroatoms. The molecule has 0 fully saturated rings. The first kappa shape index (κ1) is 35.0. The van der Waals surface area contributed by atoms with Crippen molar-refractivity contribution >= 4 is 77.9 Å². The summed E-state index contributed by atoms with van der Waals surface area (Å²) in [5.41, 5.74) is 8.65. The first-order chi connectivity index (χ1) is 28.1. The number of rotatable bonds is 4. The van der Waals surface area contributed by atoms with Gasteiger partial charge in [0.1, 0.15) is 0 Å². The summed E-state index contributed by atoms with van der Waals surface area (Å²) >= 11 is 1.85. The van der Waals surface area contributed by atoms with E-state index in [1.54, 1.807) is 18.3 Å². The molecule has 0 amide bonds. The summed E-state index contributed by atoms with van der Waals surface area (Å²) in [5, 5.41) is 5.90. The molecule has 5 aromatic heterocycles. The minimum Gasteiger partial charge on any atom is -0.486 e. The molecule has 10 rings (SSSR count). The van der Waals surface area contributed by atoms with Crippen LogP contribution in [0.15, 0.2) is 132 Å². The van der Waals surface area contributed by atoms with Crippen molar-refractivity contribution in [2.75, 3.05) is 0 Å². The van der Waals surface area contributed by atoms with E-state index in [-0.39, 0.29) is 25.5 Å². The van der Waals surface area contributed by atoms with Crippen molar-refractivity contribution in [1.82, 2.24) is 19.5 Å². The van der Waals surface area contributed by atoms with Crippen LogP contribution in [0.25, 0.3) is 81.6 Å². The Bertz CT molecular complexity index is 3120. The monoisotopic (exact) mass is 958 g/mol. The number of fused-ring (bicyclic) bond motifs is 7. The first-order valence-corrected chi connectivity index (χ1v) is 23.1. The molecular weight excluding hydrogens is 913 g/mol. The maximum Gasteiger partial charge on any atom is 0.216 e. The Kier molecular flexibility index (Phi) is 9.15. The van der Waals surface area contributed by atoms with Gasteiger partial charge in [-0.05, 0) is 64.3 Å². The van der Waals surface area contributed by atoms with E-state index in [2.05, 4.69) is 128 Å². The van der Waals surface area contributed by atoms with Crippen molar-refractivity contribution in [3.63, 3.8) is 0 Å². The molecule has 5 aromatic carbocycles. The smallest absolute Gasteiger partial charge is 0.216 e. The number of pyridine rings is 2. The van der Waals surface area contributed by atoms with Gasteiger partial charge in [-0.15, -0.1) is 64.9 Å². The predicted octanol–water partition coefficient (Wildman–Crippen LogP) is 12.9. The zero-order valence-corrected chi connectivity index (χ0v) is 36.8. The quantitative estimate of drug-likeness (QED) is 0.130. The Labute approximate surface area is 356 Å². The maximum atomic E-state index is 7.35. The molecule has 1 radical (unpaired) electrons. The molecule has 285 valence electrons. The van der Waals surface area contributed by atoms with E-state index in [0.29, 0.717) is 11.3 Å². The van der Waals surface area contributed by atoms with Crippen LogP contribution in [-0.4, -0.2) is 27.6 Å².